The second-order valence-corrected chi connectivity index (χ2v) is 5.85. The molecule has 1 rings (SSSR count). The molecule has 0 saturated carbocycles. The zero-order valence-corrected chi connectivity index (χ0v) is 12.2. The van der Waals surface area contributed by atoms with E-state index in [0.717, 1.165) is 25.0 Å². The molecule has 17 heavy (non-hydrogen) atoms. The highest BCUT2D eigenvalue weighted by Gasteiger charge is 2.21. The van der Waals surface area contributed by atoms with E-state index >= 15 is 0 Å². The van der Waals surface area contributed by atoms with Gasteiger partial charge in [0.25, 0.3) is 0 Å². The van der Waals surface area contributed by atoms with Gasteiger partial charge in [0.05, 0.1) is 0 Å². The minimum absolute atomic E-state index is 0.692. The summed E-state index contributed by atoms with van der Waals surface area (Å²) in [6.45, 7) is 13.8. The molecule has 1 aliphatic rings. The topological polar surface area (TPSA) is 12.5 Å². The fraction of sp³-hybridized carbons (Fsp3) is 1.00. The lowest BCUT2D eigenvalue weighted by Gasteiger charge is -2.31. The van der Waals surface area contributed by atoms with Gasteiger partial charge in [0.15, 0.2) is 0 Å². The first-order valence-corrected chi connectivity index (χ1v) is 7.47. The summed E-state index contributed by atoms with van der Waals surface area (Å²) in [4.78, 5) is 2.62. The molecule has 0 spiro atoms. The van der Waals surface area contributed by atoms with E-state index in [-0.39, 0.29) is 0 Å². The van der Waals surface area contributed by atoms with Gasteiger partial charge in [0.2, 0.25) is 0 Å². The predicted molar refractivity (Wildman–Crippen MR) is 74.3 cm³/mol. The molecular weight excluding hydrogens is 210 g/mol. The average molecular weight is 241 g/mol. The van der Waals surface area contributed by atoms with Crippen LogP contribution >= 0.6 is 0 Å². The predicted octanol–water partition coefficient (Wildman–Crippen LogP) is 3.56. The van der Waals surface area contributed by atoms with Gasteiger partial charge in [0.1, 0.15) is 0 Å². The zero-order chi connectivity index (χ0) is 12.7. The summed E-state index contributed by atoms with van der Waals surface area (Å²) in [5, 5.41) is 0. The maximum Gasteiger partial charge on any atom is 0.0468 e. The minimum atomic E-state index is 0.692. The first-order chi connectivity index (χ1) is 8.15. The minimum Gasteiger partial charge on any atom is -0.381 e. The van der Waals surface area contributed by atoms with Crippen molar-refractivity contribution in [1.82, 2.24) is 4.90 Å². The Morgan fingerprint density at radius 3 is 2.29 bits per heavy atom. The Balaban J connectivity index is 2.26. The summed E-state index contributed by atoms with van der Waals surface area (Å²) in [6, 6.07) is 0.692. The largest absolute Gasteiger partial charge is 0.381 e. The maximum absolute atomic E-state index is 5.44. The van der Waals surface area contributed by atoms with Crippen LogP contribution < -0.4 is 0 Å². The van der Waals surface area contributed by atoms with Gasteiger partial charge in [-0.05, 0) is 64.5 Å². The van der Waals surface area contributed by atoms with Crippen molar-refractivity contribution in [3.63, 3.8) is 0 Å². The molecule has 2 heteroatoms. The van der Waals surface area contributed by atoms with E-state index in [9.17, 15) is 0 Å². The SMILES string of the molecule is CCCN(CCC(C)C1CCOCC1)C(C)C. The molecule has 0 aromatic heterocycles. The van der Waals surface area contributed by atoms with Gasteiger partial charge >= 0.3 is 0 Å². The normalized spacial score (nSPS) is 20.1. The lowest BCUT2D eigenvalue weighted by Crippen LogP contribution is -2.34. The molecule has 0 aliphatic carbocycles. The molecule has 1 heterocycles. The van der Waals surface area contributed by atoms with E-state index < -0.39 is 0 Å². The molecule has 0 bridgehead atoms. The van der Waals surface area contributed by atoms with Crippen LogP contribution in [0.4, 0.5) is 0 Å². The van der Waals surface area contributed by atoms with Crippen molar-refractivity contribution >= 4 is 0 Å². The van der Waals surface area contributed by atoms with Crippen LogP contribution in [0.15, 0.2) is 0 Å². The summed E-state index contributed by atoms with van der Waals surface area (Å²) < 4.78 is 5.44. The lowest BCUT2D eigenvalue weighted by molar-refractivity contribution is 0.0454. The molecule has 0 radical (unpaired) electrons. The molecule has 2 nitrogen and oxygen atoms in total. The Bertz CT molecular complexity index is 187. The third-order valence-corrected chi connectivity index (χ3v) is 4.18. The Kier molecular flexibility index (Phi) is 7.14. The van der Waals surface area contributed by atoms with Crippen molar-refractivity contribution in [1.29, 1.82) is 0 Å². The van der Waals surface area contributed by atoms with Crippen molar-refractivity contribution < 1.29 is 4.74 Å². The van der Waals surface area contributed by atoms with Crippen molar-refractivity contribution in [2.24, 2.45) is 11.8 Å². The van der Waals surface area contributed by atoms with E-state index in [1.807, 2.05) is 0 Å². The van der Waals surface area contributed by atoms with Crippen LogP contribution in [0.5, 0.6) is 0 Å². The Morgan fingerprint density at radius 1 is 1.12 bits per heavy atom. The monoisotopic (exact) mass is 241 g/mol. The zero-order valence-electron chi connectivity index (χ0n) is 12.2. The Morgan fingerprint density at radius 2 is 1.76 bits per heavy atom. The van der Waals surface area contributed by atoms with E-state index in [4.69, 9.17) is 4.74 Å². The van der Waals surface area contributed by atoms with Crippen LogP contribution in [-0.4, -0.2) is 37.2 Å². The number of rotatable bonds is 7. The molecule has 1 unspecified atom stereocenters. The van der Waals surface area contributed by atoms with Crippen LogP contribution in [-0.2, 0) is 4.74 Å². The fourth-order valence-electron chi connectivity index (χ4n) is 2.81. The molecule has 1 saturated heterocycles. The smallest absolute Gasteiger partial charge is 0.0468 e. The molecular formula is C15H31NO. The van der Waals surface area contributed by atoms with Crippen LogP contribution in [0.25, 0.3) is 0 Å². The van der Waals surface area contributed by atoms with Gasteiger partial charge in [-0.1, -0.05) is 13.8 Å². The molecule has 0 aromatic rings. The second kappa shape index (κ2) is 8.10. The quantitative estimate of drug-likeness (QED) is 0.676. The first-order valence-electron chi connectivity index (χ1n) is 7.47. The maximum atomic E-state index is 5.44. The highest BCUT2D eigenvalue weighted by atomic mass is 16.5. The van der Waals surface area contributed by atoms with E-state index in [1.165, 1.54) is 38.8 Å². The third kappa shape index (κ3) is 5.39. The molecule has 0 aromatic carbocycles. The lowest BCUT2D eigenvalue weighted by atomic mass is 9.85. The summed E-state index contributed by atoms with van der Waals surface area (Å²) in [5.74, 6) is 1.76. The van der Waals surface area contributed by atoms with Crippen LogP contribution in [0.2, 0.25) is 0 Å². The summed E-state index contributed by atoms with van der Waals surface area (Å²) in [7, 11) is 0. The Hall–Kier alpha value is -0.0800. The third-order valence-electron chi connectivity index (χ3n) is 4.18. The molecule has 1 atom stereocenters. The van der Waals surface area contributed by atoms with Crippen molar-refractivity contribution in [3.8, 4) is 0 Å². The number of ether oxygens (including phenoxy) is 1. The average Bonchev–Trinajstić information content (AvgIpc) is 2.34. The molecule has 102 valence electrons. The van der Waals surface area contributed by atoms with E-state index in [2.05, 4.69) is 32.6 Å². The number of hydrogen-bond acceptors (Lipinski definition) is 2. The fourth-order valence-corrected chi connectivity index (χ4v) is 2.81. The standard InChI is InChI=1S/C15H31NO/c1-5-9-16(13(2)3)10-6-14(4)15-7-11-17-12-8-15/h13-15H,5-12H2,1-4H3. The van der Waals surface area contributed by atoms with Crippen molar-refractivity contribution in [2.75, 3.05) is 26.3 Å². The number of hydrogen-bond donors (Lipinski definition) is 0. The summed E-state index contributed by atoms with van der Waals surface area (Å²) >= 11 is 0. The highest BCUT2D eigenvalue weighted by Crippen LogP contribution is 2.26. The van der Waals surface area contributed by atoms with Crippen molar-refractivity contribution in [3.05, 3.63) is 0 Å². The van der Waals surface area contributed by atoms with Gasteiger partial charge in [-0.15, -0.1) is 0 Å². The highest BCUT2D eigenvalue weighted by molar-refractivity contribution is 4.72. The molecule has 1 aliphatic heterocycles. The van der Waals surface area contributed by atoms with Crippen LogP contribution in [0.1, 0.15) is 53.4 Å². The van der Waals surface area contributed by atoms with Gasteiger partial charge < -0.3 is 9.64 Å². The first kappa shape index (κ1) is 15.0. The molecule has 1 fully saturated rings. The van der Waals surface area contributed by atoms with Gasteiger partial charge in [-0.3, -0.25) is 0 Å². The molecule has 0 N–H and O–H groups in total. The van der Waals surface area contributed by atoms with Crippen LogP contribution in [0.3, 0.4) is 0 Å². The van der Waals surface area contributed by atoms with Gasteiger partial charge in [-0.25, -0.2) is 0 Å². The summed E-state index contributed by atoms with van der Waals surface area (Å²) in [6.07, 6.45) is 5.17. The van der Waals surface area contributed by atoms with Crippen LogP contribution in [0, 0.1) is 11.8 Å². The van der Waals surface area contributed by atoms with Crippen molar-refractivity contribution in [2.45, 2.75) is 59.4 Å². The molecule has 0 amide bonds. The van der Waals surface area contributed by atoms with E-state index in [1.54, 1.807) is 0 Å². The summed E-state index contributed by atoms with van der Waals surface area (Å²) in [5.41, 5.74) is 0. The van der Waals surface area contributed by atoms with E-state index in [0.29, 0.717) is 6.04 Å². The van der Waals surface area contributed by atoms with Gasteiger partial charge in [0, 0.05) is 19.3 Å². The number of nitrogens with zero attached hydrogens (tertiary/aromatic N) is 1. The van der Waals surface area contributed by atoms with Gasteiger partial charge in [-0.2, -0.15) is 0 Å². The Labute approximate surface area is 108 Å². The second-order valence-electron chi connectivity index (χ2n) is 5.85.